The van der Waals surface area contributed by atoms with Crippen LogP contribution in [0.1, 0.15) is 81.7 Å². The molecular weight excluding hydrogens is 404 g/mol. The highest BCUT2D eigenvalue weighted by Gasteiger charge is 2.33. The van der Waals surface area contributed by atoms with E-state index in [1.807, 2.05) is 17.0 Å². The Kier molecular flexibility index (Phi) is 7.45. The van der Waals surface area contributed by atoms with Crippen LogP contribution in [0.3, 0.4) is 0 Å². The molecule has 0 radical (unpaired) electrons. The van der Waals surface area contributed by atoms with E-state index in [1.54, 1.807) is 7.11 Å². The quantitative estimate of drug-likeness (QED) is 0.629. The first-order chi connectivity index (χ1) is 15.5. The number of likely N-dealkylation sites (tertiary alicyclic amines) is 2. The van der Waals surface area contributed by atoms with Crippen molar-refractivity contribution in [1.29, 1.82) is 0 Å². The average Bonchev–Trinajstić information content (AvgIpc) is 3.29. The van der Waals surface area contributed by atoms with Gasteiger partial charge in [0.05, 0.1) is 7.11 Å². The molecule has 0 aliphatic carbocycles. The lowest BCUT2D eigenvalue weighted by atomic mass is 9.96. The summed E-state index contributed by atoms with van der Waals surface area (Å²) in [6, 6.07) is 8.21. The zero-order valence-corrected chi connectivity index (χ0v) is 19.6. The monoisotopic (exact) mass is 440 g/mol. The molecule has 2 aliphatic heterocycles. The highest BCUT2D eigenvalue weighted by atomic mass is 16.5. The molecule has 0 spiro atoms. The molecule has 7 nitrogen and oxygen atoms in total. The topological polar surface area (TPSA) is 71.7 Å². The molecule has 0 saturated carbocycles. The van der Waals surface area contributed by atoms with E-state index in [2.05, 4.69) is 41.1 Å². The molecule has 2 aliphatic rings. The van der Waals surface area contributed by atoms with Crippen LogP contribution in [-0.2, 0) is 11.3 Å². The normalized spacial score (nSPS) is 20.6. The predicted octanol–water partition coefficient (Wildman–Crippen LogP) is 4.56. The molecule has 1 aromatic heterocycles. The number of nitrogens with zero attached hydrogens (tertiary/aromatic N) is 4. The molecule has 4 rings (SSSR count). The molecule has 3 heterocycles. The van der Waals surface area contributed by atoms with Crippen molar-refractivity contribution in [1.82, 2.24) is 20.0 Å². The first-order valence-corrected chi connectivity index (χ1v) is 12.0. The number of carbonyl (C=O) groups is 1. The minimum atomic E-state index is -0.0654. The van der Waals surface area contributed by atoms with E-state index in [0.717, 1.165) is 69.9 Å². The Labute approximate surface area is 191 Å². The first-order valence-electron chi connectivity index (χ1n) is 12.0. The van der Waals surface area contributed by atoms with Gasteiger partial charge >= 0.3 is 0 Å². The summed E-state index contributed by atoms with van der Waals surface area (Å²) in [6.07, 6.45) is 5.63. The first kappa shape index (κ1) is 22.8. The smallest absolute Gasteiger partial charge is 0.238 e. The van der Waals surface area contributed by atoms with E-state index in [0.29, 0.717) is 24.1 Å². The number of hydrogen-bond acceptors (Lipinski definition) is 6. The molecule has 0 N–H and O–H groups in total. The van der Waals surface area contributed by atoms with E-state index in [9.17, 15) is 4.79 Å². The summed E-state index contributed by atoms with van der Waals surface area (Å²) in [6.45, 7) is 7.89. The second-order valence-electron chi connectivity index (χ2n) is 9.58. The van der Waals surface area contributed by atoms with Crippen LogP contribution < -0.4 is 4.74 Å². The Morgan fingerprint density at radius 3 is 2.66 bits per heavy atom. The van der Waals surface area contributed by atoms with Crippen LogP contribution >= 0.6 is 0 Å². The summed E-state index contributed by atoms with van der Waals surface area (Å²) in [5.74, 6) is 3.11. The number of methoxy groups -OCH3 is 1. The molecule has 1 atom stereocenters. The molecule has 1 unspecified atom stereocenters. The third-order valence-electron chi connectivity index (χ3n) is 6.62. The SMILES string of the molecule is COc1cccc(CN2CCC(c3nnc(C4CCCCN4C(=O)CC(C)C)o3)CC2)c1. The summed E-state index contributed by atoms with van der Waals surface area (Å²) in [4.78, 5) is 17.2. The van der Waals surface area contributed by atoms with Crippen molar-refractivity contribution in [3.63, 3.8) is 0 Å². The Bertz CT molecular complexity index is 889. The van der Waals surface area contributed by atoms with Gasteiger partial charge in [0, 0.05) is 25.4 Å². The van der Waals surface area contributed by atoms with E-state index in [-0.39, 0.29) is 11.9 Å². The van der Waals surface area contributed by atoms with Crippen molar-refractivity contribution in [2.75, 3.05) is 26.7 Å². The molecule has 32 heavy (non-hydrogen) atoms. The Morgan fingerprint density at radius 2 is 1.91 bits per heavy atom. The average molecular weight is 441 g/mol. The third-order valence-corrected chi connectivity index (χ3v) is 6.62. The number of piperidine rings is 2. The van der Waals surface area contributed by atoms with Crippen LogP contribution in [0.5, 0.6) is 5.75 Å². The maximum atomic E-state index is 12.7. The fourth-order valence-corrected chi connectivity index (χ4v) is 4.87. The minimum absolute atomic E-state index is 0.0654. The van der Waals surface area contributed by atoms with Crippen molar-refractivity contribution in [3.8, 4) is 5.75 Å². The highest BCUT2D eigenvalue weighted by molar-refractivity contribution is 5.76. The van der Waals surface area contributed by atoms with E-state index in [4.69, 9.17) is 9.15 Å². The fraction of sp³-hybridized carbons (Fsp3) is 0.640. The van der Waals surface area contributed by atoms with Crippen LogP contribution in [0.2, 0.25) is 0 Å². The lowest BCUT2D eigenvalue weighted by Crippen LogP contribution is -2.39. The Morgan fingerprint density at radius 1 is 1.12 bits per heavy atom. The minimum Gasteiger partial charge on any atom is -0.497 e. The van der Waals surface area contributed by atoms with Crippen LogP contribution in [-0.4, -0.2) is 52.6 Å². The van der Waals surface area contributed by atoms with Crippen molar-refractivity contribution in [2.45, 2.75) is 70.9 Å². The molecule has 2 saturated heterocycles. The van der Waals surface area contributed by atoms with Crippen molar-refractivity contribution < 1.29 is 13.9 Å². The third kappa shape index (κ3) is 5.49. The van der Waals surface area contributed by atoms with Crippen molar-refractivity contribution in [3.05, 3.63) is 41.6 Å². The number of rotatable bonds is 7. The zero-order chi connectivity index (χ0) is 22.5. The molecule has 7 heteroatoms. The fourth-order valence-electron chi connectivity index (χ4n) is 4.87. The van der Waals surface area contributed by atoms with Gasteiger partial charge < -0.3 is 14.1 Å². The number of carbonyl (C=O) groups excluding carboxylic acids is 1. The van der Waals surface area contributed by atoms with Crippen molar-refractivity contribution >= 4 is 5.91 Å². The maximum Gasteiger partial charge on any atom is 0.238 e. The van der Waals surface area contributed by atoms with Gasteiger partial charge in [-0.3, -0.25) is 9.69 Å². The largest absolute Gasteiger partial charge is 0.497 e. The standard InChI is InChI=1S/C25H36N4O3/c1-18(2)15-23(30)29-12-5-4-9-22(29)25-27-26-24(32-25)20-10-13-28(14-11-20)17-19-7-6-8-21(16-19)31-3/h6-8,16,18,20,22H,4-5,9-15,17H2,1-3H3. The Balaban J connectivity index is 1.35. The number of ether oxygens (including phenoxy) is 1. The van der Waals surface area contributed by atoms with Gasteiger partial charge in [-0.05, 0) is 68.8 Å². The van der Waals surface area contributed by atoms with E-state index in [1.165, 1.54) is 5.56 Å². The van der Waals surface area contributed by atoms with Gasteiger partial charge in [-0.25, -0.2) is 0 Å². The van der Waals surface area contributed by atoms with Gasteiger partial charge in [-0.15, -0.1) is 10.2 Å². The number of hydrogen-bond donors (Lipinski definition) is 0. The number of amides is 1. The summed E-state index contributed by atoms with van der Waals surface area (Å²) in [5, 5.41) is 8.81. The number of aromatic nitrogens is 2. The predicted molar refractivity (Wildman–Crippen MR) is 122 cm³/mol. The van der Waals surface area contributed by atoms with E-state index < -0.39 is 0 Å². The lowest BCUT2D eigenvalue weighted by Gasteiger charge is -2.34. The van der Waals surface area contributed by atoms with Gasteiger partial charge in [0.25, 0.3) is 0 Å². The second-order valence-corrected chi connectivity index (χ2v) is 9.58. The Hall–Kier alpha value is -2.41. The number of benzene rings is 1. The summed E-state index contributed by atoms with van der Waals surface area (Å²) in [5.41, 5.74) is 1.27. The molecule has 2 fully saturated rings. The molecule has 1 amide bonds. The zero-order valence-electron chi connectivity index (χ0n) is 19.6. The van der Waals surface area contributed by atoms with Crippen LogP contribution in [0.15, 0.2) is 28.7 Å². The van der Waals surface area contributed by atoms with Gasteiger partial charge in [0.2, 0.25) is 17.7 Å². The van der Waals surface area contributed by atoms with Gasteiger partial charge in [0.15, 0.2) is 0 Å². The molecule has 1 aromatic carbocycles. The van der Waals surface area contributed by atoms with Gasteiger partial charge in [0.1, 0.15) is 11.8 Å². The molecule has 174 valence electrons. The summed E-state index contributed by atoms with van der Waals surface area (Å²) >= 11 is 0. The molecule has 0 bridgehead atoms. The van der Waals surface area contributed by atoms with Gasteiger partial charge in [-0.1, -0.05) is 26.0 Å². The highest BCUT2D eigenvalue weighted by Crippen LogP contribution is 2.34. The molecule has 2 aromatic rings. The van der Waals surface area contributed by atoms with Crippen molar-refractivity contribution in [2.24, 2.45) is 5.92 Å². The van der Waals surface area contributed by atoms with Crippen LogP contribution in [0.4, 0.5) is 0 Å². The van der Waals surface area contributed by atoms with Gasteiger partial charge in [-0.2, -0.15) is 0 Å². The summed E-state index contributed by atoms with van der Waals surface area (Å²) < 4.78 is 11.5. The maximum absolute atomic E-state index is 12.7. The molecular formula is C25H36N4O3. The van der Waals surface area contributed by atoms with Crippen LogP contribution in [0.25, 0.3) is 0 Å². The van der Waals surface area contributed by atoms with E-state index >= 15 is 0 Å². The second kappa shape index (κ2) is 10.5. The van der Waals surface area contributed by atoms with Crippen LogP contribution in [0, 0.1) is 5.92 Å². The summed E-state index contributed by atoms with van der Waals surface area (Å²) in [7, 11) is 1.70. The lowest BCUT2D eigenvalue weighted by molar-refractivity contribution is -0.136.